The van der Waals surface area contributed by atoms with Crippen molar-refractivity contribution in [3.8, 4) is 0 Å². The van der Waals surface area contributed by atoms with Crippen molar-refractivity contribution in [2.45, 2.75) is 29.6 Å². The fourth-order valence-corrected chi connectivity index (χ4v) is 6.01. The predicted octanol–water partition coefficient (Wildman–Crippen LogP) is 2.05. The molecule has 1 aliphatic heterocycles. The van der Waals surface area contributed by atoms with E-state index in [2.05, 4.69) is 15.9 Å². The average molecular weight is 340 g/mol. The second-order valence-corrected chi connectivity index (χ2v) is 8.40. The van der Waals surface area contributed by atoms with Crippen LogP contribution in [0.4, 0.5) is 0 Å². The third kappa shape index (κ3) is 2.73. The molecule has 96 valence electrons. The van der Waals surface area contributed by atoms with Gasteiger partial charge >= 0.3 is 0 Å². The Hall–Kier alpha value is 0.0500. The third-order valence-corrected chi connectivity index (χ3v) is 7.29. The molecule has 0 aromatic carbocycles. The van der Waals surface area contributed by atoms with Gasteiger partial charge in [0, 0.05) is 17.6 Å². The van der Waals surface area contributed by atoms with Gasteiger partial charge in [0.1, 0.15) is 4.21 Å². The molecular weight excluding hydrogens is 326 g/mol. The van der Waals surface area contributed by atoms with Crippen LogP contribution in [0.1, 0.15) is 19.8 Å². The van der Waals surface area contributed by atoms with Gasteiger partial charge in [-0.1, -0.05) is 0 Å². The summed E-state index contributed by atoms with van der Waals surface area (Å²) in [5, 5.41) is 11.7. The number of nitrogens with zero attached hydrogens (tertiary/aromatic N) is 1. The molecule has 1 atom stereocenters. The highest BCUT2D eigenvalue weighted by molar-refractivity contribution is 9.10. The third-order valence-electron chi connectivity index (χ3n) is 2.80. The lowest BCUT2D eigenvalue weighted by Crippen LogP contribution is -2.48. The minimum absolute atomic E-state index is 0.166. The molecule has 0 saturated carbocycles. The quantitative estimate of drug-likeness (QED) is 0.896. The molecule has 0 radical (unpaired) electrons. The van der Waals surface area contributed by atoms with E-state index in [4.69, 9.17) is 0 Å². The molecule has 17 heavy (non-hydrogen) atoms. The number of piperidine rings is 1. The van der Waals surface area contributed by atoms with Crippen LogP contribution < -0.4 is 0 Å². The summed E-state index contributed by atoms with van der Waals surface area (Å²) in [6, 6.07) is 1.72. The highest BCUT2D eigenvalue weighted by atomic mass is 79.9. The largest absolute Gasteiger partial charge is 0.389 e. The monoisotopic (exact) mass is 339 g/mol. The first kappa shape index (κ1) is 13.5. The summed E-state index contributed by atoms with van der Waals surface area (Å²) in [5.74, 6) is 0. The minimum Gasteiger partial charge on any atom is -0.389 e. The molecule has 1 aromatic rings. The lowest BCUT2D eigenvalue weighted by Gasteiger charge is -2.35. The summed E-state index contributed by atoms with van der Waals surface area (Å²) in [6.45, 7) is 2.32. The Kier molecular flexibility index (Phi) is 3.66. The van der Waals surface area contributed by atoms with Crippen LogP contribution in [-0.4, -0.2) is 36.5 Å². The number of thiophene rings is 1. The Bertz CT molecular complexity index is 509. The number of halogens is 1. The van der Waals surface area contributed by atoms with Gasteiger partial charge in [0.05, 0.1) is 5.60 Å². The number of aliphatic hydroxyl groups is 1. The van der Waals surface area contributed by atoms with Crippen LogP contribution >= 0.6 is 27.3 Å². The van der Waals surface area contributed by atoms with Crippen molar-refractivity contribution in [2.24, 2.45) is 0 Å². The van der Waals surface area contributed by atoms with Crippen molar-refractivity contribution in [2.75, 3.05) is 13.1 Å². The van der Waals surface area contributed by atoms with E-state index in [9.17, 15) is 13.5 Å². The molecule has 7 heteroatoms. The van der Waals surface area contributed by atoms with E-state index < -0.39 is 15.6 Å². The van der Waals surface area contributed by atoms with Gasteiger partial charge in [0.15, 0.2) is 0 Å². The van der Waals surface area contributed by atoms with Crippen LogP contribution in [0.3, 0.4) is 0 Å². The van der Waals surface area contributed by atoms with Gasteiger partial charge in [0.25, 0.3) is 10.0 Å². The Morgan fingerprint density at radius 1 is 1.59 bits per heavy atom. The number of rotatable bonds is 2. The SMILES string of the molecule is CC1(O)CCCN(S(=O)(=O)c2sccc2Br)C1. The molecule has 1 aliphatic rings. The van der Waals surface area contributed by atoms with Gasteiger partial charge in [-0.05, 0) is 47.1 Å². The smallest absolute Gasteiger partial charge is 0.253 e. The predicted molar refractivity (Wildman–Crippen MR) is 70.6 cm³/mol. The summed E-state index contributed by atoms with van der Waals surface area (Å²) >= 11 is 4.43. The van der Waals surface area contributed by atoms with Crippen LogP contribution in [0, 0.1) is 0 Å². The molecule has 0 bridgehead atoms. The summed E-state index contributed by atoms with van der Waals surface area (Å²) in [4.78, 5) is 0. The van der Waals surface area contributed by atoms with Gasteiger partial charge < -0.3 is 5.11 Å². The second-order valence-electron chi connectivity index (χ2n) is 4.50. The molecule has 0 amide bonds. The van der Waals surface area contributed by atoms with Gasteiger partial charge in [-0.15, -0.1) is 11.3 Å². The van der Waals surface area contributed by atoms with Crippen molar-refractivity contribution < 1.29 is 13.5 Å². The lowest BCUT2D eigenvalue weighted by atomic mass is 9.97. The summed E-state index contributed by atoms with van der Waals surface area (Å²) in [5.41, 5.74) is -0.922. The van der Waals surface area contributed by atoms with E-state index in [0.29, 0.717) is 28.1 Å². The van der Waals surface area contributed by atoms with Crippen LogP contribution in [-0.2, 0) is 10.0 Å². The maximum Gasteiger partial charge on any atom is 0.253 e. The zero-order valence-corrected chi connectivity index (χ0v) is 12.6. The van der Waals surface area contributed by atoms with E-state index >= 15 is 0 Å². The number of hydrogen-bond donors (Lipinski definition) is 1. The van der Waals surface area contributed by atoms with Crippen LogP contribution in [0.15, 0.2) is 20.1 Å². The average Bonchev–Trinajstić information content (AvgIpc) is 2.63. The van der Waals surface area contributed by atoms with Crippen LogP contribution in [0.25, 0.3) is 0 Å². The minimum atomic E-state index is -3.48. The topological polar surface area (TPSA) is 57.6 Å². The highest BCUT2D eigenvalue weighted by Crippen LogP contribution is 2.33. The molecule has 1 aromatic heterocycles. The normalized spacial score (nSPS) is 27.2. The first-order chi connectivity index (χ1) is 7.83. The Morgan fingerprint density at radius 3 is 2.82 bits per heavy atom. The molecule has 4 nitrogen and oxygen atoms in total. The zero-order valence-electron chi connectivity index (χ0n) is 9.39. The molecule has 0 spiro atoms. The van der Waals surface area contributed by atoms with Gasteiger partial charge in [0.2, 0.25) is 0 Å². The number of sulfonamides is 1. The van der Waals surface area contributed by atoms with E-state index in [1.807, 2.05) is 0 Å². The van der Waals surface area contributed by atoms with Crippen LogP contribution in [0.5, 0.6) is 0 Å². The van der Waals surface area contributed by atoms with Gasteiger partial charge in [-0.2, -0.15) is 4.31 Å². The fourth-order valence-electron chi connectivity index (χ4n) is 1.96. The van der Waals surface area contributed by atoms with Crippen LogP contribution in [0.2, 0.25) is 0 Å². The van der Waals surface area contributed by atoms with Gasteiger partial charge in [-0.25, -0.2) is 8.42 Å². The molecular formula is C10H14BrNO3S2. The van der Waals surface area contributed by atoms with Gasteiger partial charge in [-0.3, -0.25) is 0 Å². The summed E-state index contributed by atoms with van der Waals surface area (Å²) in [6.07, 6.45) is 1.33. The standard InChI is InChI=1S/C10H14BrNO3S2/c1-10(13)4-2-5-12(7-10)17(14,15)9-8(11)3-6-16-9/h3,6,13H,2,4-5,7H2,1H3. The second kappa shape index (κ2) is 4.62. The van der Waals surface area contributed by atoms with E-state index in [1.54, 1.807) is 18.4 Å². The number of hydrogen-bond acceptors (Lipinski definition) is 4. The maximum absolute atomic E-state index is 12.4. The van der Waals surface area contributed by atoms with Crippen molar-refractivity contribution >= 4 is 37.3 Å². The highest BCUT2D eigenvalue weighted by Gasteiger charge is 2.36. The lowest BCUT2D eigenvalue weighted by molar-refractivity contribution is 0.00944. The Balaban J connectivity index is 2.31. The van der Waals surface area contributed by atoms with E-state index in [1.165, 1.54) is 15.6 Å². The molecule has 1 fully saturated rings. The maximum atomic E-state index is 12.4. The fraction of sp³-hybridized carbons (Fsp3) is 0.600. The van der Waals surface area contributed by atoms with Crippen molar-refractivity contribution in [1.29, 1.82) is 0 Å². The first-order valence-corrected chi connectivity index (χ1v) is 8.40. The molecule has 1 saturated heterocycles. The Labute approximate surface area is 113 Å². The number of β-amino-alcohol motifs (C(OH)–C–C–N with tert-alkyl or cyclic N) is 1. The van der Waals surface area contributed by atoms with E-state index in [0.717, 1.165) is 0 Å². The van der Waals surface area contributed by atoms with Crippen molar-refractivity contribution in [3.63, 3.8) is 0 Å². The molecule has 1 N–H and O–H groups in total. The van der Waals surface area contributed by atoms with Crippen molar-refractivity contribution in [3.05, 3.63) is 15.9 Å². The molecule has 1 unspecified atom stereocenters. The van der Waals surface area contributed by atoms with E-state index in [-0.39, 0.29) is 6.54 Å². The molecule has 2 heterocycles. The summed E-state index contributed by atoms with van der Waals surface area (Å²) in [7, 11) is -3.48. The molecule has 0 aliphatic carbocycles. The summed E-state index contributed by atoms with van der Waals surface area (Å²) < 4.78 is 27.0. The molecule has 2 rings (SSSR count). The zero-order chi connectivity index (χ0) is 12.7. The Morgan fingerprint density at radius 2 is 2.29 bits per heavy atom. The van der Waals surface area contributed by atoms with Crippen molar-refractivity contribution in [1.82, 2.24) is 4.31 Å². The first-order valence-electron chi connectivity index (χ1n) is 5.28.